The molecular formula is C24H25ClN4O4S. The highest BCUT2D eigenvalue weighted by Crippen LogP contribution is 2.35. The maximum atomic E-state index is 13.7. The van der Waals surface area contributed by atoms with Gasteiger partial charge in [-0.05, 0) is 62.4 Å². The van der Waals surface area contributed by atoms with Gasteiger partial charge in [-0.15, -0.1) is 0 Å². The van der Waals surface area contributed by atoms with Crippen molar-refractivity contribution in [2.45, 2.75) is 38.2 Å². The molecule has 0 bridgehead atoms. The Morgan fingerprint density at radius 2 is 2.03 bits per heavy atom. The molecule has 0 N–H and O–H groups in total. The second kappa shape index (κ2) is 9.85. The van der Waals surface area contributed by atoms with E-state index >= 15 is 0 Å². The topological polar surface area (TPSA) is 88.8 Å². The molecule has 2 fully saturated rings. The Morgan fingerprint density at radius 1 is 1.21 bits per heavy atom. The molecule has 0 radical (unpaired) electrons. The Labute approximate surface area is 206 Å². The number of anilines is 2. The van der Waals surface area contributed by atoms with Crippen molar-refractivity contribution in [3.63, 3.8) is 0 Å². The molecule has 2 aromatic carbocycles. The SMILES string of the molecule is O=C(c1ccc(N2CCCCC2)c([N+](=O)[O-])c1)N(CC1CCCO1)c1nc2ccc(Cl)cc2s1. The van der Waals surface area contributed by atoms with Gasteiger partial charge in [0.2, 0.25) is 0 Å². The molecule has 0 saturated carbocycles. The molecule has 8 nitrogen and oxygen atoms in total. The van der Waals surface area contributed by atoms with Crippen LogP contribution in [0, 0.1) is 10.1 Å². The minimum absolute atomic E-state index is 0.0408. The summed E-state index contributed by atoms with van der Waals surface area (Å²) in [5.74, 6) is -0.325. The normalized spacial score (nSPS) is 18.4. The highest BCUT2D eigenvalue weighted by Gasteiger charge is 2.29. The number of ether oxygens (including phenoxy) is 1. The lowest BCUT2D eigenvalue weighted by Crippen LogP contribution is -2.37. The van der Waals surface area contributed by atoms with E-state index in [9.17, 15) is 14.9 Å². The van der Waals surface area contributed by atoms with E-state index in [2.05, 4.69) is 4.98 Å². The van der Waals surface area contributed by atoms with Gasteiger partial charge in [-0.1, -0.05) is 22.9 Å². The van der Waals surface area contributed by atoms with Gasteiger partial charge < -0.3 is 9.64 Å². The van der Waals surface area contributed by atoms with Crippen LogP contribution >= 0.6 is 22.9 Å². The second-order valence-electron chi connectivity index (χ2n) is 8.67. The van der Waals surface area contributed by atoms with Crippen molar-refractivity contribution in [3.05, 3.63) is 57.1 Å². The lowest BCUT2D eigenvalue weighted by atomic mass is 10.1. The molecule has 2 saturated heterocycles. The van der Waals surface area contributed by atoms with Crippen LogP contribution in [-0.2, 0) is 4.74 Å². The summed E-state index contributed by atoms with van der Waals surface area (Å²) in [6, 6.07) is 10.2. The predicted octanol–water partition coefficient (Wildman–Crippen LogP) is 5.67. The molecule has 34 heavy (non-hydrogen) atoms. The third kappa shape index (κ3) is 4.73. The van der Waals surface area contributed by atoms with Crippen LogP contribution in [0.25, 0.3) is 10.2 Å². The van der Waals surface area contributed by atoms with Crippen LogP contribution < -0.4 is 9.80 Å². The number of rotatable bonds is 6. The van der Waals surface area contributed by atoms with Crippen molar-refractivity contribution in [2.75, 3.05) is 36.0 Å². The standard InChI is InChI=1S/C24H25ClN4O4S/c25-17-7-8-19-22(14-17)34-24(26-19)28(15-18-5-4-12-33-18)23(30)16-6-9-20(21(13-16)29(31)32)27-10-2-1-3-11-27/h6-9,13-14,18H,1-5,10-12,15H2. The van der Waals surface area contributed by atoms with E-state index in [1.807, 2.05) is 17.0 Å². The van der Waals surface area contributed by atoms with Crippen molar-refractivity contribution in [3.8, 4) is 0 Å². The zero-order valence-corrected chi connectivity index (χ0v) is 20.2. The van der Waals surface area contributed by atoms with E-state index in [0.29, 0.717) is 29.0 Å². The van der Waals surface area contributed by atoms with E-state index in [-0.39, 0.29) is 23.3 Å². The number of hydrogen-bond donors (Lipinski definition) is 0. The van der Waals surface area contributed by atoms with Crippen molar-refractivity contribution < 1.29 is 14.5 Å². The first-order valence-corrected chi connectivity index (χ1v) is 12.7. The Hall–Kier alpha value is -2.75. The van der Waals surface area contributed by atoms with Crippen molar-refractivity contribution in [1.29, 1.82) is 0 Å². The molecule has 1 amide bonds. The molecule has 3 heterocycles. The predicted molar refractivity (Wildman–Crippen MR) is 134 cm³/mol. The van der Waals surface area contributed by atoms with Gasteiger partial charge >= 0.3 is 0 Å². The Morgan fingerprint density at radius 3 is 2.76 bits per heavy atom. The summed E-state index contributed by atoms with van der Waals surface area (Å²) < 4.78 is 6.67. The Bertz CT molecular complexity index is 1220. The highest BCUT2D eigenvalue weighted by atomic mass is 35.5. The summed E-state index contributed by atoms with van der Waals surface area (Å²) in [6.45, 7) is 2.58. The average molecular weight is 501 g/mol. The second-order valence-corrected chi connectivity index (χ2v) is 10.1. The number of hydrogen-bond acceptors (Lipinski definition) is 7. The number of halogens is 1. The van der Waals surface area contributed by atoms with E-state index in [1.54, 1.807) is 23.1 Å². The number of carbonyl (C=O) groups excluding carboxylic acids is 1. The lowest BCUT2D eigenvalue weighted by molar-refractivity contribution is -0.384. The number of nitro groups is 1. The summed E-state index contributed by atoms with van der Waals surface area (Å²) in [5, 5.41) is 13.0. The monoisotopic (exact) mass is 500 g/mol. The minimum atomic E-state index is -0.398. The minimum Gasteiger partial charge on any atom is -0.376 e. The fourth-order valence-corrected chi connectivity index (χ4v) is 5.85. The van der Waals surface area contributed by atoms with Crippen LogP contribution in [0.4, 0.5) is 16.5 Å². The first-order chi connectivity index (χ1) is 16.5. The lowest BCUT2D eigenvalue weighted by Gasteiger charge is -2.28. The fraction of sp³-hybridized carbons (Fsp3) is 0.417. The number of aromatic nitrogens is 1. The molecule has 0 spiro atoms. The number of carbonyl (C=O) groups is 1. The smallest absolute Gasteiger partial charge is 0.293 e. The summed E-state index contributed by atoms with van der Waals surface area (Å²) in [4.78, 5) is 33.5. The van der Waals surface area contributed by atoms with Gasteiger partial charge in [-0.3, -0.25) is 19.8 Å². The van der Waals surface area contributed by atoms with Gasteiger partial charge in [0.25, 0.3) is 11.6 Å². The Kier molecular flexibility index (Phi) is 6.67. The quantitative estimate of drug-likeness (QED) is 0.320. The molecule has 2 aliphatic rings. The van der Waals surface area contributed by atoms with E-state index in [4.69, 9.17) is 16.3 Å². The zero-order valence-electron chi connectivity index (χ0n) is 18.6. The van der Waals surface area contributed by atoms with Gasteiger partial charge in [0.05, 0.1) is 27.8 Å². The Balaban J connectivity index is 1.50. The van der Waals surface area contributed by atoms with Gasteiger partial charge in [0.15, 0.2) is 5.13 Å². The van der Waals surface area contributed by atoms with E-state index in [1.165, 1.54) is 17.4 Å². The van der Waals surface area contributed by atoms with Crippen LogP contribution in [0.15, 0.2) is 36.4 Å². The van der Waals surface area contributed by atoms with Crippen molar-refractivity contribution >= 4 is 55.6 Å². The third-order valence-electron chi connectivity index (χ3n) is 6.34. The fourth-order valence-electron chi connectivity index (χ4n) is 4.60. The number of amides is 1. The van der Waals surface area contributed by atoms with Gasteiger partial charge in [-0.2, -0.15) is 0 Å². The zero-order chi connectivity index (χ0) is 23.7. The first-order valence-electron chi connectivity index (χ1n) is 11.5. The number of benzene rings is 2. The largest absolute Gasteiger partial charge is 0.376 e. The number of nitrogens with zero attached hydrogens (tertiary/aromatic N) is 4. The molecule has 2 aliphatic heterocycles. The molecule has 10 heteroatoms. The van der Waals surface area contributed by atoms with Gasteiger partial charge in [-0.25, -0.2) is 4.98 Å². The molecule has 178 valence electrons. The van der Waals surface area contributed by atoms with Crippen LogP contribution in [0.2, 0.25) is 5.02 Å². The molecule has 1 atom stereocenters. The van der Waals surface area contributed by atoms with Gasteiger partial charge in [0, 0.05) is 36.3 Å². The molecular weight excluding hydrogens is 476 g/mol. The number of fused-ring (bicyclic) bond motifs is 1. The van der Waals surface area contributed by atoms with Crippen LogP contribution in [0.1, 0.15) is 42.5 Å². The van der Waals surface area contributed by atoms with E-state index in [0.717, 1.165) is 55.4 Å². The molecule has 3 aromatic rings. The number of nitro benzene ring substituents is 1. The summed E-state index contributed by atoms with van der Waals surface area (Å²) in [7, 11) is 0. The molecule has 5 rings (SSSR count). The van der Waals surface area contributed by atoms with Crippen LogP contribution in [0.5, 0.6) is 0 Å². The number of piperidine rings is 1. The van der Waals surface area contributed by atoms with E-state index < -0.39 is 4.92 Å². The molecule has 0 aliphatic carbocycles. The molecule has 1 unspecified atom stereocenters. The highest BCUT2D eigenvalue weighted by molar-refractivity contribution is 7.22. The maximum Gasteiger partial charge on any atom is 0.293 e. The maximum absolute atomic E-state index is 13.7. The summed E-state index contributed by atoms with van der Waals surface area (Å²) in [6.07, 6.45) is 4.85. The third-order valence-corrected chi connectivity index (χ3v) is 7.62. The number of thiazole rings is 1. The summed E-state index contributed by atoms with van der Waals surface area (Å²) in [5.41, 5.74) is 1.55. The first kappa shape index (κ1) is 23.0. The van der Waals surface area contributed by atoms with Crippen LogP contribution in [0.3, 0.4) is 0 Å². The summed E-state index contributed by atoms with van der Waals surface area (Å²) >= 11 is 7.51. The van der Waals surface area contributed by atoms with Crippen molar-refractivity contribution in [1.82, 2.24) is 4.98 Å². The molecule has 1 aromatic heterocycles. The van der Waals surface area contributed by atoms with Gasteiger partial charge in [0.1, 0.15) is 5.69 Å². The van der Waals surface area contributed by atoms with Crippen LogP contribution in [-0.4, -0.2) is 48.2 Å². The van der Waals surface area contributed by atoms with Crippen molar-refractivity contribution in [2.24, 2.45) is 0 Å². The average Bonchev–Trinajstić information content (AvgIpc) is 3.51.